The van der Waals surface area contributed by atoms with E-state index in [1.54, 1.807) is 11.9 Å². The second-order valence-corrected chi connectivity index (χ2v) is 5.39. The first-order chi connectivity index (χ1) is 10.2. The number of hydrogen-bond acceptors (Lipinski definition) is 3. The number of rotatable bonds is 6. The molecule has 4 heteroatoms. The SMILES string of the molecule is C=CCNC1CCc2ccc(COC(=O)N(C)CC)cc21. The van der Waals surface area contributed by atoms with Crippen molar-refractivity contribution in [1.29, 1.82) is 0 Å². The highest BCUT2D eigenvalue weighted by Crippen LogP contribution is 2.31. The van der Waals surface area contributed by atoms with E-state index in [1.807, 2.05) is 19.1 Å². The average molecular weight is 288 g/mol. The lowest BCUT2D eigenvalue weighted by Crippen LogP contribution is -2.26. The molecule has 0 fully saturated rings. The van der Waals surface area contributed by atoms with Crippen molar-refractivity contribution in [3.63, 3.8) is 0 Å². The first-order valence-electron chi connectivity index (χ1n) is 7.49. The molecule has 114 valence electrons. The standard InChI is InChI=1S/C17H24N2O2/c1-4-10-18-16-9-8-14-7-6-13(11-15(14)16)12-21-17(20)19(3)5-2/h4,6-7,11,16,18H,1,5,8-10,12H2,2-3H3. The molecule has 1 unspecified atom stereocenters. The third-order valence-corrected chi connectivity index (χ3v) is 3.94. The third kappa shape index (κ3) is 3.85. The topological polar surface area (TPSA) is 41.6 Å². The van der Waals surface area contributed by atoms with Gasteiger partial charge in [0.05, 0.1) is 0 Å². The van der Waals surface area contributed by atoms with Crippen LogP contribution in [0.25, 0.3) is 0 Å². The van der Waals surface area contributed by atoms with Crippen LogP contribution in [0.15, 0.2) is 30.9 Å². The first kappa shape index (κ1) is 15.6. The smallest absolute Gasteiger partial charge is 0.409 e. The van der Waals surface area contributed by atoms with Crippen molar-refractivity contribution >= 4 is 6.09 Å². The summed E-state index contributed by atoms with van der Waals surface area (Å²) in [5.74, 6) is 0. The van der Waals surface area contributed by atoms with Crippen molar-refractivity contribution in [1.82, 2.24) is 10.2 Å². The van der Waals surface area contributed by atoms with Crippen molar-refractivity contribution < 1.29 is 9.53 Å². The van der Waals surface area contributed by atoms with Gasteiger partial charge in [0.2, 0.25) is 0 Å². The number of amides is 1. The number of ether oxygens (including phenoxy) is 1. The summed E-state index contributed by atoms with van der Waals surface area (Å²) < 4.78 is 5.31. The Morgan fingerprint density at radius 2 is 2.38 bits per heavy atom. The maximum Gasteiger partial charge on any atom is 0.409 e. The quantitative estimate of drug-likeness (QED) is 0.818. The van der Waals surface area contributed by atoms with E-state index in [4.69, 9.17) is 4.74 Å². The van der Waals surface area contributed by atoms with Gasteiger partial charge in [-0.2, -0.15) is 0 Å². The van der Waals surface area contributed by atoms with Crippen molar-refractivity contribution in [3.05, 3.63) is 47.5 Å². The summed E-state index contributed by atoms with van der Waals surface area (Å²) in [6.07, 6.45) is 3.82. The average Bonchev–Trinajstić information content (AvgIpc) is 2.92. The first-order valence-corrected chi connectivity index (χ1v) is 7.49. The van der Waals surface area contributed by atoms with Gasteiger partial charge < -0.3 is 15.0 Å². The molecule has 1 atom stereocenters. The minimum atomic E-state index is -0.278. The minimum absolute atomic E-state index is 0.278. The van der Waals surface area contributed by atoms with E-state index >= 15 is 0 Å². The molecule has 1 amide bonds. The maximum absolute atomic E-state index is 11.7. The van der Waals surface area contributed by atoms with E-state index < -0.39 is 0 Å². The van der Waals surface area contributed by atoms with Crippen molar-refractivity contribution in [2.75, 3.05) is 20.1 Å². The van der Waals surface area contributed by atoms with Crippen LogP contribution in [0.2, 0.25) is 0 Å². The Labute approximate surface area is 126 Å². The molecule has 1 aliphatic rings. The number of carbonyl (C=O) groups excluding carboxylic acids is 1. The number of benzene rings is 1. The monoisotopic (exact) mass is 288 g/mol. The van der Waals surface area contributed by atoms with Crippen LogP contribution in [-0.2, 0) is 17.8 Å². The van der Waals surface area contributed by atoms with E-state index in [9.17, 15) is 4.79 Å². The Morgan fingerprint density at radius 3 is 3.10 bits per heavy atom. The fraction of sp³-hybridized carbons (Fsp3) is 0.471. The maximum atomic E-state index is 11.7. The van der Waals surface area contributed by atoms with Gasteiger partial charge >= 0.3 is 6.09 Å². The zero-order valence-corrected chi connectivity index (χ0v) is 12.9. The fourth-order valence-corrected chi connectivity index (χ4v) is 2.56. The molecule has 4 nitrogen and oxygen atoms in total. The summed E-state index contributed by atoms with van der Waals surface area (Å²) in [6, 6.07) is 6.74. The summed E-state index contributed by atoms with van der Waals surface area (Å²) in [6.45, 7) is 7.45. The minimum Gasteiger partial charge on any atom is -0.445 e. The van der Waals surface area contributed by atoms with Gasteiger partial charge in [-0.05, 0) is 36.5 Å². The molecule has 0 spiro atoms. The van der Waals surface area contributed by atoms with Crippen molar-refractivity contribution in [2.24, 2.45) is 0 Å². The lowest BCUT2D eigenvalue weighted by atomic mass is 10.0. The molecule has 0 saturated heterocycles. The van der Waals surface area contributed by atoms with E-state index in [0.29, 0.717) is 19.2 Å². The van der Waals surface area contributed by atoms with E-state index in [1.165, 1.54) is 11.1 Å². The molecular formula is C17H24N2O2. The Morgan fingerprint density at radius 1 is 1.57 bits per heavy atom. The highest BCUT2D eigenvalue weighted by molar-refractivity contribution is 5.67. The molecular weight excluding hydrogens is 264 g/mol. The van der Waals surface area contributed by atoms with Gasteiger partial charge in [-0.3, -0.25) is 0 Å². The molecule has 1 N–H and O–H groups in total. The summed E-state index contributed by atoms with van der Waals surface area (Å²) in [5.41, 5.74) is 3.76. The van der Waals surface area contributed by atoms with Crippen LogP contribution in [-0.4, -0.2) is 31.1 Å². The largest absolute Gasteiger partial charge is 0.445 e. The number of aryl methyl sites for hydroxylation is 1. The Bertz CT molecular complexity index is 514. The Balaban J connectivity index is 2.00. The molecule has 1 aromatic carbocycles. The highest BCUT2D eigenvalue weighted by atomic mass is 16.6. The summed E-state index contributed by atoms with van der Waals surface area (Å²) in [5, 5.41) is 3.47. The zero-order valence-electron chi connectivity index (χ0n) is 12.9. The number of nitrogens with zero attached hydrogens (tertiary/aromatic N) is 1. The van der Waals surface area contributed by atoms with Gasteiger partial charge in [0, 0.05) is 26.2 Å². The molecule has 1 aliphatic carbocycles. The van der Waals surface area contributed by atoms with Gasteiger partial charge in [-0.1, -0.05) is 24.3 Å². The third-order valence-electron chi connectivity index (χ3n) is 3.94. The molecule has 0 heterocycles. The van der Waals surface area contributed by atoms with Gasteiger partial charge in [0.25, 0.3) is 0 Å². The predicted molar refractivity (Wildman–Crippen MR) is 84.2 cm³/mol. The molecule has 0 radical (unpaired) electrons. The molecule has 1 aromatic rings. The summed E-state index contributed by atoms with van der Waals surface area (Å²) >= 11 is 0. The predicted octanol–water partition coefficient (Wildman–Crippen LogP) is 3.04. The zero-order chi connectivity index (χ0) is 15.2. The van der Waals surface area contributed by atoms with Crippen LogP contribution in [0.1, 0.15) is 36.1 Å². The summed E-state index contributed by atoms with van der Waals surface area (Å²) in [4.78, 5) is 13.2. The Hall–Kier alpha value is -1.81. The molecule has 0 aliphatic heterocycles. The number of hydrogen-bond donors (Lipinski definition) is 1. The molecule has 0 aromatic heterocycles. The van der Waals surface area contributed by atoms with Crippen LogP contribution >= 0.6 is 0 Å². The van der Waals surface area contributed by atoms with E-state index in [0.717, 1.165) is 24.9 Å². The van der Waals surface area contributed by atoms with Crippen molar-refractivity contribution in [2.45, 2.75) is 32.4 Å². The lowest BCUT2D eigenvalue weighted by Gasteiger charge is -2.16. The number of fused-ring (bicyclic) bond motifs is 1. The second-order valence-electron chi connectivity index (χ2n) is 5.39. The Kier molecular flexibility index (Phi) is 5.39. The lowest BCUT2D eigenvalue weighted by molar-refractivity contribution is 0.106. The number of carbonyl (C=O) groups is 1. The van der Waals surface area contributed by atoms with Crippen LogP contribution in [0, 0.1) is 0 Å². The van der Waals surface area contributed by atoms with Gasteiger partial charge in [0.1, 0.15) is 6.61 Å². The van der Waals surface area contributed by atoms with Crippen LogP contribution < -0.4 is 5.32 Å². The highest BCUT2D eigenvalue weighted by Gasteiger charge is 2.22. The second kappa shape index (κ2) is 7.27. The van der Waals surface area contributed by atoms with E-state index in [2.05, 4.69) is 24.0 Å². The van der Waals surface area contributed by atoms with Crippen LogP contribution in [0.3, 0.4) is 0 Å². The number of nitrogens with one attached hydrogen (secondary N) is 1. The van der Waals surface area contributed by atoms with Crippen molar-refractivity contribution in [3.8, 4) is 0 Å². The van der Waals surface area contributed by atoms with Gasteiger partial charge in [-0.15, -0.1) is 6.58 Å². The van der Waals surface area contributed by atoms with Gasteiger partial charge in [0.15, 0.2) is 0 Å². The molecule has 0 bridgehead atoms. The summed E-state index contributed by atoms with van der Waals surface area (Å²) in [7, 11) is 1.74. The molecule has 0 saturated carbocycles. The van der Waals surface area contributed by atoms with Crippen LogP contribution in [0.4, 0.5) is 4.79 Å². The normalized spacial score (nSPS) is 16.4. The van der Waals surface area contributed by atoms with E-state index in [-0.39, 0.29) is 6.09 Å². The fourth-order valence-electron chi connectivity index (χ4n) is 2.56. The van der Waals surface area contributed by atoms with Crippen LogP contribution in [0.5, 0.6) is 0 Å². The van der Waals surface area contributed by atoms with Gasteiger partial charge in [-0.25, -0.2) is 4.79 Å². The molecule has 2 rings (SSSR count). The molecule has 21 heavy (non-hydrogen) atoms.